The number of nitrogens with one attached hydrogen (secondary N) is 1. The van der Waals surface area contributed by atoms with Gasteiger partial charge in [0.2, 0.25) is 5.91 Å². The lowest BCUT2D eigenvalue weighted by atomic mass is 10.0. The predicted octanol–water partition coefficient (Wildman–Crippen LogP) is 3.87. The maximum atomic E-state index is 12.5. The standard InChI is InChI=1S/C26H34ClN3O3/c1-2-28-25(31)20-30-17-15-29(16-18-30)14-4-3-5-19-33-24-12-8-22(9-13-24)26(32)21-6-10-23(27)11-7-21/h6-13H,2-5,14-20H2,1H3,(H,28,31). The smallest absolute Gasteiger partial charge is 0.234 e. The Morgan fingerprint density at radius 3 is 2.12 bits per heavy atom. The van der Waals surface area contributed by atoms with Crippen molar-refractivity contribution in [3.05, 3.63) is 64.7 Å². The van der Waals surface area contributed by atoms with Crippen molar-refractivity contribution in [2.45, 2.75) is 26.2 Å². The molecule has 178 valence electrons. The summed E-state index contributed by atoms with van der Waals surface area (Å²) < 4.78 is 5.84. The zero-order valence-corrected chi connectivity index (χ0v) is 20.2. The first-order chi connectivity index (χ1) is 16.0. The summed E-state index contributed by atoms with van der Waals surface area (Å²) in [6.45, 7) is 8.87. The molecule has 2 aromatic carbocycles. The third-order valence-corrected chi connectivity index (χ3v) is 6.07. The summed E-state index contributed by atoms with van der Waals surface area (Å²) in [5, 5.41) is 3.48. The van der Waals surface area contributed by atoms with E-state index < -0.39 is 0 Å². The molecule has 7 heteroatoms. The van der Waals surface area contributed by atoms with E-state index in [2.05, 4.69) is 15.1 Å². The Bertz CT molecular complexity index is 879. The van der Waals surface area contributed by atoms with Crippen molar-refractivity contribution in [2.75, 3.05) is 52.4 Å². The first-order valence-electron chi connectivity index (χ1n) is 11.8. The first kappa shape index (κ1) is 25.2. The molecule has 0 aromatic heterocycles. The average molecular weight is 472 g/mol. The molecule has 3 rings (SSSR count). The summed E-state index contributed by atoms with van der Waals surface area (Å²) in [5.41, 5.74) is 1.26. The van der Waals surface area contributed by atoms with Gasteiger partial charge in [-0.05, 0) is 81.3 Å². The van der Waals surface area contributed by atoms with Crippen LogP contribution in [0.15, 0.2) is 48.5 Å². The molecule has 1 saturated heterocycles. The molecule has 0 unspecified atom stereocenters. The Labute approximate surface area is 201 Å². The van der Waals surface area contributed by atoms with Gasteiger partial charge in [0.15, 0.2) is 5.78 Å². The van der Waals surface area contributed by atoms with Crippen LogP contribution in [0.3, 0.4) is 0 Å². The fourth-order valence-electron chi connectivity index (χ4n) is 3.90. The molecule has 6 nitrogen and oxygen atoms in total. The molecule has 0 spiro atoms. The number of carbonyl (C=O) groups is 2. The summed E-state index contributed by atoms with van der Waals surface area (Å²) in [4.78, 5) is 28.9. The average Bonchev–Trinajstić information content (AvgIpc) is 2.83. The lowest BCUT2D eigenvalue weighted by molar-refractivity contribution is -0.122. The van der Waals surface area contributed by atoms with Crippen LogP contribution < -0.4 is 10.1 Å². The number of carbonyl (C=O) groups excluding carboxylic acids is 2. The quantitative estimate of drug-likeness (QED) is 0.376. The predicted molar refractivity (Wildman–Crippen MR) is 132 cm³/mol. The van der Waals surface area contributed by atoms with E-state index in [0.29, 0.717) is 35.8 Å². The number of benzene rings is 2. The minimum atomic E-state index is -0.0247. The number of ether oxygens (including phenoxy) is 1. The van der Waals surface area contributed by atoms with Crippen LogP contribution in [0.4, 0.5) is 0 Å². The number of likely N-dealkylation sites (N-methyl/N-ethyl adjacent to an activating group) is 1. The molecule has 0 atom stereocenters. The van der Waals surface area contributed by atoms with Gasteiger partial charge >= 0.3 is 0 Å². The van der Waals surface area contributed by atoms with Crippen LogP contribution >= 0.6 is 11.6 Å². The molecule has 0 aliphatic carbocycles. The first-order valence-corrected chi connectivity index (χ1v) is 12.2. The van der Waals surface area contributed by atoms with Gasteiger partial charge in [-0.3, -0.25) is 14.5 Å². The third kappa shape index (κ3) is 8.46. The fraction of sp³-hybridized carbons (Fsp3) is 0.462. The van der Waals surface area contributed by atoms with E-state index in [4.69, 9.17) is 16.3 Å². The number of hydrogen-bond donors (Lipinski definition) is 1. The van der Waals surface area contributed by atoms with Crippen LogP contribution in [0.25, 0.3) is 0 Å². The number of rotatable bonds is 12. The molecular formula is C26H34ClN3O3. The van der Waals surface area contributed by atoms with E-state index in [-0.39, 0.29) is 11.7 Å². The molecule has 0 radical (unpaired) electrons. The maximum absolute atomic E-state index is 12.5. The molecule has 1 amide bonds. The summed E-state index contributed by atoms with van der Waals surface area (Å²) in [5.74, 6) is 0.878. The molecule has 0 bridgehead atoms. The Balaban J connectivity index is 1.27. The van der Waals surface area contributed by atoms with Gasteiger partial charge in [-0.15, -0.1) is 0 Å². The molecule has 1 N–H and O–H groups in total. The Morgan fingerprint density at radius 1 is 0.879 bits per heavy atom. The van der Waals surface area contributed by atoms with E-state index in [1.165, 1.54) is 0 Å². The molecule has 2 aromatic rings. The van der Waals surface area contributed by atoms with Crippen molar-refractivity contribution in [1.82, 2.24) is 15.1 Å². The van der Waals surface area contributed by atoms with E-state index in [0.717, 1.165) is 57.7 Å². The second-order valence-corrected chi connectivity index (χ2v) is 8.78. The van der Waals surface area contributed by atoms with Crippen LogP contribution in [0.5, 0.6) is 5.75 Å². The molecule has 33 heavy (non-hydrogen) atoms. The van der Waals surface area contributed by atoms with E-state index in [1.54, 1.807) is 36.4 Å². The van der Waals surface area contributed by atoms with Crippen molar-refractivity contribution >= 4 is 23.3 Å². The molecule has 1 aliphatic rings. The molecular weight excluding hydrogens is 438 g/mol. The van der Waals surface area contributed by atoms with Crippen molar-refractivity contribution < 1.29 is 14.3 Å². The van der Waals surface area contributed by atoms with Gasteiger partial charge in [-0.25, -0.2) is 0 Å². The number of nitrogens with zero attached hydrogens (tertiary/aromatic N) is 2. The molecule has 0 saturated carbocycles. The number of hydrogen-bond acceptors (Lipinski definition) is 5. The van der Waals surface area contributed by atoms with Gasteiger partial charge in [0, 0.05) is 48.9 Å². The summed E-state index contributed by atoms with van der Waals surface area (Å²) in [7, 11) is 0. The van der Waals surface area contributed by atoms with E-state index >= 15 is 0 Å². The highest BCUT2D eigenvalue weighted by Crippen LogP contribution is 2.17. The lowest BCUT2D eigenvalue weighted by Gasteiger charge is -2.34. The van der Waals surface area contributed by atoms with Gasteiger partial charge in [-0.1, -0.05) is 11.6 Å². The topological polar surface area (TPSA) is 61.9 Å². The fourth-order valence-corrected chi connectivity index (χ4v) is 4.03. The highest BCUT2D eigenvalue weighted by Gasteiger charge is 2.18. The second kappa shape index (κ2) is 13.3. The molecule has 1 fully saturated rings. The van der Waals surface area contributed by atoms with Crippen LogP contribution in [0, 0.1) is 0 Å². The Kier molecular flexibility index (Phi) is 10.2. The Hall–Kier alpha value is -2.41. The number of ketones is 1. The summed E-state index contributed by atoms with van der Waals surface area (Å²) in [6, 6.07) is 14.2. The summed E-state index contributed by atoms with van der Waals surface area (Å²) in [6.07, 6.45) is 3.27. The van der Waals surface area contributed by atoms with Crippen LogP contribution in [0.2, 0.25) is 5.02 Å². The van der Waals surface area contributed by atoms with E-state index in [9.17, 15) is 9.59 Å². The van der Waals surface area contributed by atoms with Crippen molar-refractivity contribution in [3.8, 4) is 5.75 Å². The summed E-state index contributed by atoms with van der Waals surface area (Å²) >= 11 is 5.89. The highest BCUT2D eigenvalue weighted by molar-refractivity contribution is 6.30. The third-order valence-electron chi connectivity index (χ3n) is 5.82. The SMILES string of the molecule is CCNC(=O)CN1CCN(CCCCCOc2ccc(C(=O)c3ccc(Cl)cc3)cc2)CC1. The minimum absolute atomic E-state index is 0.0247. The number of halogens is 1. The van der Waals surface area contributed by atoms with Crippen molar-refractivity contribution in [3.63, 3.8) is 0 Å². The Morgan fingerprint density at radius 2 is 1.48 bits per heavy atom. The van der Waals surface area contributed by atoms with Crippen LogP contribution in [-0.4, -0.2) is 73.9 Å². The second-order valence-electron chi connectivity index (χ2n) is 8.34. The van der Waals surface area contributed by atoms with Gasteiger partial charge in [0.25, 0.3) is 0 Å². The van der Waals surface area contributed by atoms with Gasteiger partial charge in [0.05, 0.1) is 13.2 Å². The van der Waals surface area contributed by atoms with Gasteiger partial charge in [-0.2, -0.15) is 0 Å². The maximum Gasteiger partial charge on any atom is 0.234 e. The van der Waals surface area contributed by atoms with Crippen molar-refractivity contribution in [2.24, 2.45) is 0 Å². The monoisotopic (exact) mass is 471 g/mol. The van der Waals surface area contributed by atoms with Crippen LogP contribution in [0.1, 0.15) is 42.1 Å². The molecule has 1 aliphatic heterocycles. The van der Waals surface area contributed by atoms with Crippen molar-refractivity contribution in [1.29, 1.82) is 0 Å². The zero-order chi connectivity index (χ0) is 23.5. The zero-order valence-electron chi connectivity index (χ0n) is 19.4. The number of amides is 1. The minimum Gasteiger partial charge on any atom is -0.494 e. The van der Waals surface area contributed by atoms with Gasteiger partial charge in [0.1, 0.15) is 5.75 Å². The highest BCUT2D eigenvalue weighted by atomic mass is 35.5. The lowest BCUT2D eigenvalue weighted by Crippen LogP contribution is -2.49. The normalized spacial score (nSPS) is 14.7. The largest absolute Gasteiger partial charge is 0.494 e. The number of unbranched alkanes of at least 4 members (excludes halogenated alkanes) is 2. The molecule has 1 heterocycles. The van der Waals surface area contributed by atoms with Gasteiger partial charge < -0.3 is 15.0 Å². The number of piperazine rings is 1. The van der Waals surface area contributed by atoms with E-state index in [1.807, 2.05) is 19.1 Å². The van der Waals surface area contributed by atoms with Crippen LogP contribution in [-0.2, 0) is 4.79 Å².